The molecule has 3 aromatic carbocycles. The molecule has 2 amide bonds. The van der Waals surface area contributed by atoms with Gasteiger partial charge in [-0.1, -0.05) is 48.5 Å². The number of anilines is 1. The number of fused-ring (bicyclic) bond motifs is 3. The number of benzene rings is 3. The second-order valence-electron chi connectivity index (χ2n) is 7.87. The van der Waals surface area contributed by atoms with Crippen molar-refractivity contribution in [1.82, 2.24) is 5.32 Å². The van der Waals surface area contributed by atoms with Gasteiger partial charge in [0.15, 0.2) is 0 Å². The van der Waals surface area contributed by atoms with Crippen LogP contribution in [0.4, 0.5) is 19.3 Å². The molecule has 0 saturated heterocycles. The molecule has 35 heavy (non-hydrogen) atoms. The molecule has 0 radical (unpaired) electrons. The average molecular weight is 482 g/mol. The predicted octanol–water partition coefficient (Wildman–Crippen LogP) is 4.20. The molecule has 1 aliphatic rings. The van der Waals surface area contributed by atoms with E-state index in [2.05, 4.69) is 0 Å². The Bertz CT molecular complexity index is 1270. The van der Waals surface area contributed by atoms with Gasteiger partial charge in [-0.2, -0.15) is 8.78 Å². The number of rotatable bonds is 7. The summed E-state index contributed by atoms with van der Waals surface area (Å²) in [6.45, 7) is -1.46. The lowest BCUT2D eigenvalue weighted by molar-refractivity contribution is -0.138. The van der Waals surface area contributed by atoms with E-state index in [1.165, 1.54) is 0 Å². The van der Waals surface area contributed by atoms with Crippen LogP contribution in [-0.4, -0.2) is 47.3 Å². The van der Waals surface area contributed by atoms with Crippen molar-refractivity contribution in [2.75, 3.05) is 18.5 Å². The van der Waals surface area contributed by atoms with E-state index >= 15 is 0 Å². The third kappa shape index (κ3) is 4.91. The fourth-order valence-electron chi connectivity index (χ4n) is 3.90. The van der Waals surface area contributed by atoms with Gasteiger partial charge in [0.25, 0.3) is 5.91 Å². The topological polar surface area (TPSA) is 125 Å². The van der Waals surface area contributed by atoms with Crippen LogP contribution < -0.4 is 10.6 Å². The Morgan fingerprint density at radius 2 is 1.54 bits per heavy atom. The Morgan fingerprint density at radius 3 is 2.14 bits per heavy atom. The fraction of sp³-hybridized carbons (Fsp3) is 0.160. The average Bonchev–Trinajstić information content (AvgIpc) is 3.16. The Kier molecular flexibility index (Phi) is 6.37. The molecule has 180 valence electrons. The lowest BCUT2D eigenvalue weighted by Crippen LogP contribution is -2.45. The second kappa shape index (κ2) is 9.41. The monoisotopic (exact) mass is 482 g/mol. The van der Waals surface area contributed by atoms with E-state index in [0.29, 0.717) is 0 Å². The number of halogens is 2. The number of phenolic OH excluding ortho intramolecular Hbond substituents is 1. The lowest BCUT2D eigenvalue weighted by Gasteiger charge is -2.18. The highest BCUT2D eigenvalue weighted by molar-refractivity contribution is 5.99. The molecule has 0 saturated carbocycles. The number of alkyl carbamates (subject to hydrolysis) is 1. The normalized spacial score (nSPS) is 12.4. The van der Waals surface area contributed by atoms with Crippen molar-refractivity contribution in [3.8, 4) is 16.9 Å². The van der Waals surface area contributed by atoms with Crippen LogP contribution in [0.5, 0.6) is 5.75 Å². The van der Waals surface area contributed by atoms with Gasteiger partial charge >= 0.3 is 18.0 Å². The van der Waals surface area contributed by atoms with E-state index in [-0.39, 0.29) is 18.1 Å². The molecule has 0 atom stereocenters. The number of amides is 2. The van der Waals surface area contributed by atoms with E-state index in [1.807, 2.05) is 53.8 Å². The number of hydrogen-bond acceptors (Lipinski definition) is 5. The van der Waals surface area contributed by atoms with Gasteiger partial charge in [0.1, 0.15) is 12.4 Å². The Morgan fingerprint density at radius 1 is 0.943 bits per heavy atom. The minimum Gasteiger partial charge on any atom is -0.506 e. The molecule has 0 unspecified atom stereocenters. The van der Waals surface area contributed by atoms with Crippen molar-refractivity contribution >= 4 is 23.7 Å². The molecule has 8 nitrogen and oxygen atoms in total. The number of nitrogens with one attached hydrogen (secondary N) is 2. The van der Waals surface area contributed by atoms with Gasteiger partial charge in [-0.15, -0.1) is 0 Å². The highest BCUT2D eigenvalue weighted by Gasteiger charge is 2.40. The first-order valence-electron chi connectivity index (χ1n) is 10.5. The standard InChI is InChI=1S/C25H20F2N2O6/c26-25(27,23(33)29-20-11-14(22(31)32)9-10-21(20)30)13-28-24(34)35-12-19-17-7-3-1-5-15(17)16-6-2-4-8-18(16)19/h1-11,19,30H,12-13H2,(H,28,34)(H,29,33)(H,31,32). The summed E-state index contributed by atoms with van der Waals surface area (Å²) in [5, 5.41) is 22.3. The molecule has 0 fully saturated rings. The van der Waals surface area contributed by atoms with Crippen LogP contribution >= 0.6 is 0 Å². The lowest BCUT2D eigenvalue weighted by atomic mass is 9.98. The third-order valence-corrected chi connectivity index (χ3v) is 5.62. The quantitative estimate of drug-likeness (QED) is 0.374. The molecule has 4 rings (SSSR count). The van der Waals surface area contributed by atoms with Gasteiger partial charge < -0.3 is 25.6 Å². The van der Waals surface area contributed by atoms with Crippen LogP contribution in [0, 0.1) is 0 Å². The third-order valence-electron chi connectivity index (χ3n) is 5.62. The summed E-state index contributed by atoms with van der Waals surface area (Å²) in [6, 6.07) is 18.1. The summed E-state index contributed by atoms with van der Waals surface area (Å²) in [5.41, 5.74) is 3.10. The largest absolute Gasteiger partial charge is 0.506 e. The first-order chi connectivity index (χ1) is 16.7. The summed E-state index contributed by atoms with van der Waals surface area (Å²) in [7, 11) is 0. The first-order valence-corrected chi connectivity index (χ1v) is 10.5. The molecular weight excluding hydrogens is 462 g/mol. The molecule has 0 bridgehead atoms. The zero-order valence-corrected chi connectivity index (χ0v) is 18.1. The molecule has 0 spiro atoms. The van der Waals surface area contributed by atoms with Gasteiger partial charge in [-0.25, -0.2) is 9.59 Å². The summed E-state index contributed by atoms with van der Waals surface area (Å²) < 4.78 is 33.8. The number of carboxylic acid groups (broad SMARTS) is 1. The van der Waals surface area contributed by atoms with Gasteiger partial charge in [0, 0.05) is 5.92 Å². The molecule has 3 aromatic rings. The zero-order valence-electron chi connectivity index (χ0n) is 18.1. The highest BCUT2D eigenvalue weighted by Crippen LogP contribution is 2.44. The summed E-state index contributed by atoms with van der Waals surface area (Å²) in [6.07, 6.45) is -1.13. The maximum atomic E-state index is 14.3. The molecule has 4 N–H and O–H groups in total. The fourth-order valence-corrected chi connectivity index (χ4v) is 3.90. The van der Waals surface area contributed by atoms with Gasteiger partial charge in [-0.05, 0) is 40.5 Å². The van der Waals surface area contributed by atoms with E-state index in [0.717, 1.165) is 40.5 Å². The van der Waals surface area contributed by atoms with Crippen LogP contribution in [0.15, 0.2) is 66.7 Å². The number of hydrogen-bond donors (Lipinski definition) is 4. The van der Waals surface area contributed by atoms with Gasteiger partial charge in [0.05, 0.1) is 17.8 Å². The van der Waals surface area contributed by atoms with Gasteiger partial charge in [0.2, 0.25) is 0 Å². The second-order valence-corrected chi connectivity index (χ2v) is 7.87. The smallest absolute Gasteiger partial charge is 0.407 e. The molecule has 0 heterocycles. The van der Waals surface area contributed by atoms with Crippen LogP contribution in [0.3, 0.4) is 0 Å². The van der Waals surface area contributed by atoms with Crippen molar-refractivity contribution in [2.24, 2.45) is 0 Å². The summed E-state index contributed by atoms with van der Waals surface area (Å²) in [4.78, 5) is 35.1. The van der Waals surface area contributed by atoms with Crippen molar-refractivity contribution < 1.29 is 38.1 Å². The van der Waals surface area contributed by atoms with Crippen molar-refractivity contribution in [2.45, 2.75) is 11.8 Å². The van der Waals surface area contributed by atoms with Gasteiger partial charge in [-0.3, -0.25) is 4.79 Å². The minimum absolute atomic E-state index is 0.0898. The Balaban J connectivity index is 1.35. The number of alkyl halides is 2. The number of ether oxygens (including phenoxy) is 1. The van der Waals surface area contributed by atoms with E-state index in [1.54, 1.807) is 5.32 Å². The van der Waals surface area contributed by atoms with Crippen molar-refractivity contribution in [1.29, 1.82) is 0 Å². The van der Waals surface area contributed by atoms with Crippen LogP contribution in [0.25, 0.3) is 11.1 Å². The Hall–Kier alpha value is -4.47. The van der Waals surface area contributed by atoms with E-state index < -0.39 is 41.9 Å². The summed E-state index contributed by atoms with van der Waals surface area (Å²) >= 11 is 0. The zero-order chi connectivity index (χ0) is 25.2. The summed E-state index contributed by atoms with van der Waals surface area (Å²) in [5.74, 6) is -8.14. The minimum atomic E-state index is -4.07. The predicted molar refractivity (Wildman–Crippen MR) is 122 cm³/mol. The SMILES string of the molecule is O=C(NCC(F)(F)C(=O)Nc1cc(C(=O)O)ccc1O)OCC1c2ccccc2-c2ccccc21. The van der Waals surface area contributed by atoms with Crippen LogP contribution in [0.1, 0.15) is 27.4 Å². The number of aromatic hydroxyl groups is 1. The number of phenols is 1. The molecule has 10 heteroatoms. The van der Waals surface area contributed by atoms with Crippen LogP contribution in [-0.2, 0) is 9.53 Å². The highest BCUT2D eigenvalue weighted by atomic mass is 19.3. The number of carboxylic acids is 1. The molecular formula is C25H20F2N2O6. The van der Waals surface area contributed by atoms with Crippen molar-refractivity contribution in [3.05, 3.63) is 83.4 Å². The number of carbonyl (C=O) groups excluding carboxylic acids is 2. The number of carbonyl (C=O) groups is 3. The maximum Gasteiger partial charge on any atom is 0.407 e. The molecule has 1 aliphatic carbocycles. The van der Waals surface area contributed by atoms with E-state index in [9.17, 15) is 28.3 Å². The molecule has 0 aromatic heterocycles. The Labute approximate surface area is 198 Å². The first kappa shape index (κ1) is 23.7. The van der Waals surface area contributed by atoms with Crippen molar-refractivity contribution in [3.63, 3.8) is 0 Å². The molecule has 0 aliphatic heterocycles. The van der Waals surface area contributed by atoms with E-state index in [4.69, 9.17) is 9.84 Å². The maximum absolute atomic E-state index is 14.3. The number of aromatic carboxylic acids is 1. The van der Waals surface area contributed by atoms with Crippen LogP contribution in [0.2, 0.25) is 0 Å².